The van der Waals surface area contributed by atoms with Crippen molar-refractivity contribution in [2.75, 3.05) is 0 Å². The van der Waals surface area contributed by atoms with E-state index in [0.717, 1.165) is 4.68 Å². The van der Waals surface area contributed by atoms with Gasteiger partial charge in [0.25, 0.3) is 11.5 Å². The Kier molecular flexibility index (Phi) is 4.80. The number of hydrogen-bond donors (Lipinski definition) is 2. The number of aryl methyl sites for hydroxylation is 1. The summed E-state index contributed by atoms with van der Waals surface area (Å²) in [5.74, 6) is -1.56. The van der Waals surface area contributed by atoms with Crippen molar-refractivity contribution in [3.63, 3.8) is 0 Å². The third-order valence-corrected chi connectivity index (χ3v) is 2.50. The molecule has 0 bridgehead atoms. The molecule has 7 nitrogen and oxygen atoms in total. The Morgan fingerprint density at radius 2 is 2.05 bits per heavy atom. The smallest absolute Gasteiger partial charge is 0.326 e. The van der Waals surface area contributed by atoms with Gasteiger partial charge in [-0.05, 0) is 18.4 Å². The van der Waals surface area contributed by atoms with Gasteiger partial charge in [0.2, 0.25) is 0 Å². The van der Waals surface area contributed by atoms with Crippen molar-refractivity contribution in [1.82, 2.24) is 15.1 Å². The van der Waals surface area contributed by atoms with Crippen LogP contribution < -0.4 is 10.9 Å². The van der Waals surface area contributed by atoms with Gasteiger partial charge in [0.1, 0.15) is 11.7 Å². The van der Waals surface area contributed by atoms with E-state index in [0.29, 0.717) is 6.42 Å². The molecule has 1 aromatic rings. The molecule has 1 atom stereocenters. The Balaban J connectivity index is 2.84. The zero-order chi connectivity index (χ0) is 14.6. The Morgan fingerprint density at radius 1 is 1.42 bits per heavy atom. The lowest BCUT2D eigenvalue weighted by molar-refractivity contribution is -0.139. The van der Waals surface area contributed by atoms with E-state index in [4.69, 9.17) is 5.11 Å². The van der Waals surface area contributed by atoms with E-state index in [2.05, 4.69) is 10.4 Å². The van der Waals surface area contributed by atoms with Crippen LogP contribution in [0.5, 0.6) is 0 Å². The first-order valence-corrected chi connectivity index (χ1v) is 5.89. The topological polar surface area (TPSA) is 101 Å². The molecule has 0 aliphatic carbocycles. The largest absolute Gasteiger partial charge is 0.480 e. The maximum absolute atomic E-state index is 11.9. The first-order valence-electron chi connectivity index (χ1n) is 5.89. The van der Waals surface area contributed by atoms with Gasteiger partial charge in [0.05, 0.1) is 0 Å². The van der Waals surface area contributed by atoms with E-state index in [1.54, 1.807) is 0 Å². The van der Waals surface area contributed by atoms with Gasteiger partial charge in [-0.15, -0.1) is 0 Å². The lowest BCUT2D eigenvalue weighted by atomic mass is 10.0. The molecule has 0 aliphatic rings. The second-order valence-corrected chi connectivity index (χ2v) is 4.67. The average molecular weight is 267 g/mol. The molecule has 104 valence electrons. The third-order valence-electron chi connectivity index (χ3n) is 2.50. The van der Waals surface area contributed by atoms with Gasteiger partial charge in [-0.2, -0.15) is 5.10 Å². The Bertz CT molecular complexity index is 536. The summed E-state index contributed by atoms with van der Waals surface area (Å²) in [5, 5.41) is 15.2. The number of hydrogen-bond acceptors (Lipinski definition) is 4. The van der Waals surface area contributed by atoms with E-state index >= 15 is 0 Å². The molecule has 0 aliphatic heterocycles. The van der Waals surface area contributed by atoms with Gasteiger partial charge in [-0.1, -0.05) is 13.8 Å². The Labute approximate surface area is 110 Å². The number of amides is 1. The highest BCUT2D eigenvalue weighted by Crippen LogP contribution is 2.05. The van der Waals surface area contributed by atoms with Crippen LogP contribution in [0.1, 0.15) is 30.8 Å². The van der Waals surface area contributed by atoms with Gasteiger partial charge in [-0.3, -0.25) is 9.59 Å². The van der Waals surface area contributed by atoms with Crippen molar-refractivity contribution in [2.45, 2.75) is 26.3 Å². The molecule has 0 saturated carbocycles. The minimum Gasteiger partial charge on any atom is -0.480 e. The number of carboxylic acids is 1. The standard InChI is InChI=1S/C12H17N3O4/c1-7(2)6-9(12(18)19)13-11(17)8-4-5-10(16)15(3)14-8/h4-5,7,9H,6H2,1-3H3,(H,13,17)(H,18,19). The first kappa shape index (κ1) is 14.9. The van der Waals surface area contributed by atoms with Crippen LogP contribution >= 0.6 is 0 Å². The molecule has 1 rings (SSSR count). The summed E-state index contributed by atoms with van der Waals surface area (Å²) in [7, 11) is 1.42. The predicted molar refractivity (Wildman–Crippen MR) is 67.8 cm³/mol. The number of nitrogens with one attached hydrogen (secondary N) is 1. The number of aromatic nitrogens is 2. The predicted octanol–water partition coefficient (Wildman–Crippen LogP) is 0.00940. The molecular formula is C12H17N3O4. The maximum atomic E-state index is 11.9. The van der Waals surface area contributed by atoms with E-state index < -0.39 is 17.9 Å². The maximum Gasteiger partial charge on any atom is 0.326 e. The number of rotatable bonds is 5. The Morgan fingerprint density at radius 3 is 2.53 bits per heavy atom. The molecule has 1 unspecified atom stereocenters. The molecule has 0 radical (unpaired) electrons. The lowest BCUT2D eigenvalue weighted by Gasteiger charge is -2.16. The molecule has 0 fully saturated rings. The van der Waals surface area contributed by atoms with Crippen molar-refractivity contribution in [3.05, 3.63) is 28.2 Å². The fourth-order valence-corrected chi connectivity index (χ4v) is 1.55. The summed E-state index contributed by atoms with van der Waals surface area (Å²) in [4.78, 5) is 34.0. The normalized spacial score (nSPS) is 12.2. The van der Waals surface area contributed by atoms with Gasteiger partial charge in [-0.25, -0.2) is 9.48 Å². The fraction of sp³-hybridized carbons (Fsp3) is 0.500. The van der Waals surface area contributed by atoms with Crippen LogP contribution in [0.2, 0.25) is 0 Å². The number of nitrogens with zero attached hydrogens (tertiary/aromatic N) is 2. The summed E-state index contributed by atoms with van der Waals surface area (Å²) >= 11 is 0. The van der Waals surface area contributed by atoms with Crippen molar-refractivity contribution < 1.29 is 14.7 Å². The van der Waals surface area contributed by atoms with Crippen LogP contribution in [0, 0.1) is 5.92 Å². The van der Waals surface area contributed by atoms with E-state index in [-0.39, 0.29) is 17.2 Å². The Hall–Kier alpha value is -2.18. The number of carboxylic acid groups (broad SMARTS) is 1. The van der Waals surface area contributed by atoms with E-state index in [1.165, 1.54) is 19.2 Å². The summed E-state index contributed by atoms with van der Waals surface area (Å²) < 4.78 is 1.02. The van der Waals surface area contributed by atoms with Crippen LogP contribution in [0.15, 0.2) is 16.9 Å². The van der Waals surface area contributed by atoms with Crippen LogP contribution in [-0.4, -0.2) is 32.8 Å². The van der Waals surface area contributed by atoms with Crippen LogP contribution in [-0.2, 0) is 11.8 Å². The summed E-state index contributed by atoms with van der Waals surface area (Å²) in [5.41, 5.74) is -0.328. The number of aliphatic carboxylic acids is 1. The molecule has 1 heterocycles. The van der Waals surface area contributed by atoms with Crippen molar-refractivity contribution in [2.24, 2.45) is 13.0 Å². The molecule has 0 spiro atoms. The zero-order valence-corrected chi connectivity index (χ0v) is 11.1. The number of carbonyl (C=O) groups excluding carboxylic acids is 1. The van der Waals surface area contributed by atoms with Crippen molar-refractivity contribution in [1.29, 1.82) is 0 Å². The van der Waals surface area contributed by atoms with Gasteiger partial charge >= 0.3 is 5.97 Å². The van der Waals surface area contributed by atoms with Crippen LogP contribution in [0.25, 0.3) is 0 Å². The second-order valence-electron chi connectivity index (χ2n) is 4.67. The number of carbonyl (C=O) groups is 2. The minimum absolute atomic E-state index is 0.0112. The summed E-state index contributed by atoms with van der Waals surface area (Å²) in [6.07, 6.45) is 0.326. The molecule has 0 saturated heterocycles. The van der Waals surface area contributed by atoms with Crippen molar-refractivity contribution in [3.8, 4) is 0 Å². The monoisotopic (exact) mass is 267 g/mol. The van der Waals surface area contributed by atoms with Gasteiger partial charge in [0.15, 0.2) is 0 Å². The molecule has 2 N–H and O–H groups in total. The second kappa shape index (κ2) is 6.12. The van der Waals surface area contributed by atoms with E-state index in [1.807, 2.05) is 13.8 Å². The zero-order valence-electron chi connectivity index (χ0n) is 11.1. The quantitative estimate of drug-likeness (QED) is 0.782. The molecule has 1 aromatic heterocycles. The highest BCUT2D eigenvalue weighted by Gasteiger charge is 2.22. The summed E-state index contributed by atoms with van der Waals surface area (Å²) in [6.45, 7) is 3.74. The van der Waals surface area contributed by atoms with E-state index in [9.17, 15) is 14.4 Å². The highest BCUT2D eigenvalue weighted by atomic mass is 16.4. The van der Waals surface area contributed by atoms with Crippen LogP contribution in [0.3, 0.4) is 0 Å². The van der Waals surface area contributed by atoms with Crippen molar-refractivity contribution >= 4 is 11.9 Å². The molecule has 0 aromatic carbocycles. The average Bonchev–Trinajstić information content (AvgIpc) is 2.31. The minimum atomic E-state index is -1.09. The molecule has 1 amide bonds. The van der Waals surface area contributed by atoms with Gasteiger partial charge in [0, 0.05) is 13.1 Å². The molecule has 7 heteroatoms. The first-order chi connectivity index (χ1) is 8.81. The molecular weight excluding hydrogens is 250 g/mol. The SMILES string of the molecule is CC(C)CC(NC(=O)c1ccc(=O)n(C)n1)C(=O)O. The third kappa shape index (κ3) is 4.20. The fourth-order valence-electron chi connectivity index (χ4n) is 1.55. The lowest BCUT2D eigenvalue weighted by Crippen LogP contribution is -2.42. The highest BCUT2D eigenvalue weighted by molar-refractivity contribution is 5.94. The molecule has 19 heavy (non-hydrogen) atoms. The van der Waals surface area contributed by atoms with Gasteiger partial charge < -0.3 is 10.4 Å². The summed E-state index contributed by atoms with van der Waals surface area (Å²) in [6, 6.07) is 1.51. The van der Waals surface area contributed by atoms with Crippen LogP contribution in [0.4, 0.5) is 0 Å².